The number of nitrogens with two attached hydrogens (primary N) is 1. The zero-order valence-electron chi connectivity index (χ0n) is 11.3. The summed E-state index contributed by atoms with van der Waals surface area (Å²) in [5.41, 5.74) is 2.58. The summed E-state index contributed by atoms with van der Waals surface area (Å²) >= 11 is 1.73. The third-order valence-corrected chi connectivity index (χ3v) is 4.80. The van der Waals surface area contributed by atoms with Gasteiger partial charge in [-0.15, -0.1) is 11.3 Å². The van der Waals surface area contributed by atoms with Crippen LogP contribution < -0.4 is 16.2 Å². The Labute approximate surface area is 116 Å². The topological polar surface area (TPSA) is 67.1 Å². The molecule has 5 nitrogen and oxygen atoms in total. The van der Waals surface area contributed by atoms with E-state index in [0.29, 0.717) is 5.95 Å². The van der Waals surface area contributed by atoms with Gasteiger partial charge in [0.25, 0.3) is 0 Å². The zero-order valence-corrected chi connectivity index (χ0v) is 12.1. The number of nitrogens with one attached hydrogen (secondary N) is 1. The van der Waals surface area contributed by atoms with Gasteiger partial charge in [0.05, 0.1) is 5.39 Å². The van der Waals surface area contributed by atoms with Crippen molar-refractivity contribution in [2.45, 2.75) is 26.7 Å². The number of anilines is 2. The average molecular weight is 277 g/mol. The van der Waals surface area contributed by atoms with E-state index in [1.807, 2.05) is 0 Å². The van der Waals surface area contributed by atoms with E-state index in [1.54, 1.807) is 11.3 Å². The lowest BCUT2D eigenvalue weighted by Gasteiger charge is -2.18. The normalized spacial score (nSPS) is 19.3. The molecular weight excluding hydrogens is 258 g/mol. The molecule has 102 valence electrons. The van der Waals surface area contributed by atoms with Gasteiger partial charge in [-0.2, -0.15) is 4.98 Å². The zero-order chi connectivity index (χ0) is 13.4. The summed E-state index contributed by atoms with van der Waals surface area (Å²) < 4.78 is 0. The molecule has 2 aromatic rings. The van der Waals surface area contributed by atoms with Crippen molar-refractivity contribution in [3.8, 4) is 0 Å². The van der Waals surface area contributed by atoms with Crippen LogP contribution in [0.2, 0.25) is 0 Å². The summed E-state index contributed by atoms with van der Waals surface area (Å²) in [4.78, 5) is 13.7. The van der Waals surface area contributed by atoms with Crippen LogP contribution in [-0.4, -0.2) is 23.1 Å². The molecule has 2 aromatic heterocycles. The Morgan fingerprint density at radius 3 is 3.00 bits per heavy atom. The summed E-state index contributed by atoms with van der Waals surface area (Å²) in [6.07, 6.45) is 2.25. The maximum atomic E-state index is 5.49. The second kappa shape index (κ2) is 4.94. The molecule has 1 saturated heterocycles. The Morgan fingerprint density at radius 1 is 1.53 bits per heavy atom. The van der Waals surface area contributed by atoms with Gasteiger partial charge in [0.15, 0.2) is 0 Å². The Morgan fingerprint density at radius 2 is 2.37 bits per heavy atom. The molecule has 1 unspecified atom stereocenters. The van der Waals surface area contributed by atoms with Gasteiger partial charge in [-0.1, -0.05) is 13.8 Å². The van der Waals surface area contributed by atoms with Gasteiger partial charge < -0.3 is 4.90 Å². The van der Waals surface area contributed by atoms with Gasteiger partial charge in [-0.3, -0.25) is 5.43 Å². The molecule has 1 atom stereocenters. The van der Waals surface area contributed by atoms with Crippen LogP contribution in [0.1, 0.15) is 25.1 Å². The van der Waals surface area contributed by atoms with Crippen LogP contribution in [0.15, 0.2) is 6.07 Å². The van der Waals surface area contributed by atoms with Crippen molar-refractivity contribution < 1.29 is 0 Å². The molecule has 0 aliphatic carbocycles. The molecule has 19 heavy (non-hydrogen) atoms. The second-order valence-corrected chi connectivity index (χ2v) is 6.26. The van der Waals surface area contributed by atoms with Gasteiger partial charge in [-0.05, 0) is 24.8 Å². The predicted molar refractivity (Wildman–Crippen MR) is 80.6 cm³/mol. The van der Waals surface area contributed by atoms with Crippen molar-refractivity contribution in [1.29, 1.82) is 0 Å². The van der Waals surface area contributed by atoms with E-state index in [1.165, 1.54) is 11.3 Å². The van der Waals surface area contributed by atoms with E-state index >= 15 is 0 Å². The van der Waals surface area contributed by atoms with Crippen LogP contribution in [-0.2, 0) is 6.42 Å². The van der Waals surface area contributed by atoms with Crippen LogP contribution in [0.25, 0.3) is 10.2 Å². The third kappa shape index (κ3) is 2.26. The van der Waals surface area contributed by atoms with Gasteiger partial charge in [-0.25, -0.2) is 10.8 Å². The van der Waals surface area contributed by atoms with E-state index in [-0.39, 0.29) is 0 Å². The molecule has 1 aliphatic heterocycles. The first-order valence-electron chi connectivity index (χ1n) is 6.73. The average Bonchev–Trinajstić information content (AvgIpc) is 3.02. The van der Waals surface area contributed by atoms with Crippen molar-refractivity contribution in [3.05, 3.63) is 10.9 Å². The van der Waals surface area contributed by atoms with Crippen molar-refractivity contribution in [1.82, 2.24) is 9.97 Å². The summed E-state index contributed by atoms with van der Waals surface area (Å²) in [6, 6.07) is 2.22. The summed E-state index contributed by atoms with van der Waals surface area (Å²) in [6.45, 7) is 6.57. The molecule has 1 aliphatic rings. The highest BCUT2D eigenvalue weighted by Gasteiger charge is 2.23. The fraction of sp³-hybridized carbons (Fsp3) is 0.538. The molecule has 6 heteroatoms. The van der Waals surface area contributed by atoms with Crippen LogP contribution >= 0.6 is 11.3 Å². The quantitative estimate of drug-likeness (QED) is 0.666. The third-order valence-electron chi connectivity index (χ3n) is 3.62. The molecule has 3 heterocycles. The van der Waals surface area contributed by atoms with Gasteiger partial charge in [0, 0.05) is 18.0 Å². The Kier molecular flexibility index (Phi) is 3.28. The number of hydrogen-bond donors (Lipinski definition) is 2. The summed E-state index contributed by atoms with van der Waals surface area (Å²) in [5.74, 6) is 7.74. The fourth-order valence-corrected chi connectivity index (χ4v) is 3.53. The number of nitrogens with zero attached hydrogens (tertiary/aromatic N) is 3. The first kappa shape index (κ1) is 12.6. The monoisotopic (exact) mass is 277 g/mol. The minimum Gasteiger partial charge on any atom is -0.356 e. The summed E-state index contributed by atoms with van der Waals surface area (Å²) in [7, 11) is 0. The molecule has 0 saturated carbocycles. The molecule has 0 amide bonds. The maximum Gasteiger partial charge on any atom is 0.240 e. The van der Waals surface area contributed by atoms with Crippen LogP contribution in [0.4, 0.5) is 11.8 Å². The number of hydrazine groups is 1. The highest BCUT2D eigenvalue weighted by atomic mass is 32.1. The van der Waals surface area contributed by atoms with Crippen LogP contribution in [0.5, 0.6) is 0 Å². The van der Waals surface area contributed by atoms with Crippen molar-refractivity contribution in [3.63, 3.8) is 0 Å². The van der Waals surface area contributed by atoms with Crippen LogP contribution in [0, 0.1) is 5.92 Å². The lowest BCUT2D eigenvalue weighted by Crippen LogP contribution is -2.22. The molecule has 0 radical (unpaired) electrons. The molecule has 0 aromatic carbocycles. The molecule has 3 N–H and O–H groups in total. The van der Waals surface area contributed by atoms with Gasteiger partial charge in [0.1, 0.15) is 10.6 Å². The minimum absolute atomic E-state index is 0.506. The van der Waals surface area contributed by atoms with Crippen LogP contribution in [0.3, 0.4) is 0 Å². The predicted octanol–water partition coefficient (Wildman–Crippen LogP) is 2.39. The van der Waals surface area contributed by atoms with E-state index in [2.05, 4.69) is 40.2 Å². The molecule has 1 fully saturated rings. The number of fused-ring (bicyclic) bond motifs is 1. The molecule has 0 bridgehead atoms. The standard InChI is InChI=1S/C13H19N5S/c1-3-9-6-10-11(18-5-4-8(2)7-18)15-13(17-14)16-12(10)19-9/h6,8H,3-5,7,14H2,1-2H3,(H,15,16,17). The van der Waals surface area contributed by atoms with Crippen molar-refractivity contribution >= 4 is 33.3 Å². The number of rotatable bonds is 3. The largest absolute Gasteiger partial charge is 0.356 e. The minimum atomic E-state index is 0.506. The second-order valence-electron chi connectivity index (χ2n) is 5.14. The van der Waals surface area contributed by atoms with E-state index in [0.717, 1.165) is 41.5 Å². The van der Waals surface area contributed by atoms with E-state index < -0.39 is 0 Å². The fourth-order valence-electron chi connectivity index (χ4n) is 2.56. The number of nitrogen functional groups attached to an aromatic ring is 1. The maximum absolute atomic E-state index is 5.49. The Balaban J connectivity index is 2.12. The van der Waals surface area contributed by atoms with E-state index in [4.69, 9.17) is 5.84 Å². The highest BCUT2D eigenvalue weighted by molar-refractivity contribution is 7.18. The number of thiophene rings is 1. The highest BCUT2D eigenvalue weighted by Crippen LogP contribution is 2.34. The van der Waals surface area contributed by atoms with Crippen molar-refractivity contribution in [2.24, 2.45) is 11.8 Å². The number of hydrogen-bond acceptors (Lipinski definition) is 6. The molecular formula is C13H19N5S. The number of aryl methyl sites for hydroxylation is 1. The summed E-state index contributed by atoms with van der Waals surface area (Å²) in [5, 5.41) is 1.16. The first-order valence-corrected chi connectivity index (χ1v) is 7.55. The Hall–Kier alpha value is -1.40. The smallest absolute Gasteiger partial charge is 0.240 e. The molecule has 3 rings (SSSR count). The first-order chi connectivity index (χ1) is 9.21. The lowest BCUT2D eigenvalue weighted by atomic mass is 10.2. The SMILES string of the molecule is CCc1cc2c(N3CCC(C)C3)nc(NN)nc2s1. The number of aromatic nitrogens is 2. The Bertz CT molecular complexity index is 594. The van der Waals surface area contributed by atoms with Crippen molar-refractivity contribution in [2.75, 3.05) is 23.4 Å². The van der Waals surface area contributed by atoms with Gasteiger partial charge >= 0.3 is 0 Å². The molecule has 0 spiro atoms. The lowest BCUT2D eigenvalue weighted by molar-refractivity contribution is 0.659. The van der Waals surface area contributed by atoms with E-state index in [9.17, 15) is 0 Å². The van der Waals surface area contributed by atoms with Gasteiger partial charge in [0.2, 0.25) is 5.95 Å².